The minimum atomic E-state index is -0.364. The molecule has 0 saturated heterocycles. The fourth-order valence-electron chi connectivity index (χ4n) is 3.67. The third kappa shape index (κ3) is 5.30. The summed E-state index contributed by atoms with van der Waals surface area (Å²) in [5.41, 5.74) is 1.34. The van der Waals surface area contributed by atoms with Gasteiger partial charge in [-0.05, 0) is 35.7 Å². The van der Waals surface area contributed by atoms with E-state index >= 15 is 0 Å². The van der Waals surface area contributed by atoms with Gasteiger partial charge < -0.3 is 19.4 Å². The predicted molar refractivity (Wildman–Crippen MR) is 125 cm³/mol. The third-order valence-corrected chi connectivity index (χ3v) is 6.42. The molecule has 0 aliphatic carbocycles. The Hall–Kier alpha value is -3.07. The number of hydrogen-bond acceptors (Lipinski definition) is 6. The number of fused-ring (bicyclic) bond motifs is 1. The molecule has 1 N–H and O–H groups in total. The number of benzene rings is 2. The molecule has 1 aliphatic heterocycles. The summed E-state index contributed by atoms with van der Waals surface area (Å²) in [6.07, 6.45) is 0.840. The number of hydrogen-bond donors (Lipinski definition) is 1. The van der Waals surface area contributed by atoms with Crippen LogP contribution in [-0.4, -0.2) is 39.6 Å². The highest BCUT2D eigenvalue weighted by Gasteiger charge is 2.22. The molecule has 0 spiro atoms. The zero-order valence-corrected chi connectivity index (χ0v) is 19.7. The van der Waals surface area contributed by atoms with Gasteiger partial charge in [-0.2, -0.15) is 0 Å². The van der Waals surface area contributed by atoms with Gasteiger partial charge in [0.05, 0.1) is 30.6 Å². The molecule has 1 atom stereocenters. The van der Waals surface area contributed by atoms with E-state index in [1.54, 1.807) is 29.8 Å². The Balaban J connectivity index is 1.43. The van der Waals surface area contributed by atoms with Crippen molar-refractivity contribution in [3.8, 4) is 22.9 Å². The summed E-state index contributed by atoms with van der Waals surface area (Å²) in [7, 11) is 1.76. The van der Waals surface area contributed by atoms with Gasteiger partial charge >= 0.3 is 0 Å². The zero-order chi connectivity index (χ0) is 23.4. The predicted octanol–water partition coefficient (Wildman–Crippen LogP) is 4.39. The van der Waals surface area contributed by atoms with E-state index in [1.807, 2.05) is 18.2 Å². The number of nitrogens with zero attached hydrogens (tertiary/aromatic N) is 3. The zero-order valence-electron chi connectivity index (χ0n) is 18.9. The quantitative estimate of drug-likeness (QED) is 0.516. The fourth-order valence-corrected chi connectivity index (χ4v) is 4.39. The molecule has 0 unspecified atom stereocenters. The van der Waals surface area contributed by atoms with Crippen molar-refractivity contribution in [2.75, 3.05) is 19.0 Å². The molecule has 0 radical (unpaired) electrons. The van der Waals surface area contributed by atoms with Crippen molar-refractivity contribution >= 4 is 17.7 Å². The van der Waals surface area contributed by atoms with Crippen LogP contribution in [-0.2, 0) is 11.8 Å². The Morgan fingerprint density at radius 3 is 2.67 bits per heavy atom. The second-order valence-electron chi connectivity index (χ2n) is 8.18. The number of ether oxygens (including phenoxy) is 2. The minimum Gasteiger partial charge on any atom is -0.490 e. The van der Waals surface area contributed by atoms with Crippen LogP contribution in [0.1, 0.15) is 31.9 Å². The van der Waals surface area contributed by atoms with Crippen molar-refractivity contribution in [3.63, 3.8) is 0 Å². The van der Waals surface area contributed by atoms with Gasteiger partial charge in [0.1, 0.15) is 5.82 Å². The first-order valence-electron chi connectivity index (χ1n) is 10.9. The Morgan fingerprint density at radius 2 is 1.91 bits per heavy atom. The van der Waals surface area contributed by atoms with Gasteiger partial charge in [0, 0.05) is 13.5 Å². The molecule has 2 heterocycles. The van der Waals surface area contributed by atoms with Crippen molar-refractivity contribution in [1.82, 2.24) is 20.1 Å². The van der Waals surface area contributed by atoms with Crippen LogP contribution in [0.25, 0.3) is 11.4 Å². The number of rotatable bonds is 7. The normalized spacial score (nSPS) is 14.1. The van der Waals surface area contributed by atoms with E-state index in [1.165, 1.54) is 17.8 Å². The molecule has 1 aromatic heterocycles. The molecule has 3 aromatic rings. The van der Waals surface area contributed by atoms with Crippen LogP contribution in [0.15, 0.2) is 47.6 Å². The van der Waals surface area contributed by atoms with Crippen molar-refractivity contribution in [2.45, 2.75) is 31.5 Å². The van der Waals surface area contributed by atoms with Crippen LogP contribution in [0.2, 0.25) is 0 Å². The van der Waals surface area contributed by atoms with E-state index < -0.39 is 0 Å². The summed E-state index contributed by atoms with van der Waals surface area (Å²) in [5.74, 6) is 1.71. The molecule has 4 rings (SSSR count). The van der Waals surface area contributed by atoms with Crippen molar-refractivity contribution in [3.05, 3.63) is 53.8 Å². The molecule has 9 heteroatoms. The van der Waals surface area contributed by atoms with Gasteiger partial charge in [-0.3, -0.25) is 4.79 Å². The number of nitrogens with one attached hydrogen (secondary N) is 1. The molecule has 0 saturated carbocycles. The summed E-state index contributed by atoms with van der Waals surface area (Å²) < 4.78 is 27.3. The van der Waals surface area contributed by atoms with Gasteiger partial charge in [0.25, 0.3) is 0 Å². The maximum atomic E-state index is 14.1. The van der Waals surface area contributed by atoms with Crippen LogP contribution in [0.5, 0.6) is 11.5 Å². The highest BCUT2D eigenvalue weighted by Crippen LogP contribution is 2.34. The Kier molecular flexibility index (Phi) is 7.17. The smallest absolute Gasteiger partial charge is 0.230 e. The lowest BCUT2D eigenvalue weighted by Crippen LogP contribution is -2.33. The van der Waals surface area contributed by atoms with E-state index in [9.17, 15) is 9.18 Å². The van der Waals surface area contributed by atoms with Crippen molar-refractivity contribution < 1.29 is 18.7 Å². The molecule has 33 heavy (non-hydrogen) atoms. The number of amides is 1. The molecule has 2 aromatic carbocycles. The maximum absolute atomic E-state index is 14.1. The number of aromatic nitrogens is 3. The Morgan fingerprint density at radius 1 is 1.15 bits per heavy atom. The lowest BCUT2D eigenvalue weighted by Gasteiger charge is -2.24. The van der Waals surface area contributed by atoms with E-state index in [-0.39, 0.29) is 29.4 Å². The average Bonchev–Trinajstić information content (AvgIpc) is 3.01. The summed E-state index contributed by atoms with van der Waals surface area (Å²) in [4.78, 5) is 12.8. The standard InChI is InChI=1S/C24H27FN4O3S/c1-15(2)22(16-9-10-19-20(13-16)32-12-6-11-31-19)26-21(30)14-33-24-28-27-23(29(24)3)17-7-4-5-8-18(17)25/h4-5,7-10,13,15,22H,6,11-12,14H2,1-3H3,(H,26,30)/t22-/m1/s1. The Labute approximate surface area is 196 Å². The molecule has 0 fully saturated rings. The van der Waals surface area contributed by atoms with E-state index in [0.717, 1.165) is 17.7 Å². The molecular weight excluding hydrogens is 443 g/mol. The van der Waals surface area contributed by atoms with E-state index in [2.05, 4.69) is 29.4 Å². The first-order chi connectivity index (χ1) is 15.9. The third-order valence-electron chi connectivity index (χ3n) is 5.40. The molecule has 0 bridgehead atoms. The van der Waals surface area contributed by atoms with Crippen LogP contribution in [0.4, 0.5) is 4.39 Å². The molecule has 1 aliphatic rings. The van der Waals surface area contributed by atoms with Gasteiger partial charge in [-0.15, -0.1) is 10.2 Å². The SMILES string of the molecule is CC(C)[C@@H](NC(=O)CSc1nnc(-c2ccccc2F)n1C)c1ccc2c(c1)OCCCO2. The van der Waals surface area contributed by atoms with Gasteiger partial charge in [-0.1, -0.05) is 43.8 Å². The second-order valence-corrected chi connectivity index (χ2v) is 9.12. The number of carbonyl (C=O) groups is 1. The van der Waals surface area contributed by atoms with E-state index in [4.69, 9.17) is 9.47 Å². The van der Waals surface area contributed by atoms with Crippen molar-refractivity contribution in [2.24, 2.45) is 13.0 Å². The molecule has 1 amide bonds. The first-order valence-corrected chi connectivity index (χ1v) is 11.9. The van der Waals surface area contributed by atoms with Crippen LogP contribution < -0.4 is 14.8 Å². The molecular formula is C24H27FN4O3S. The molecule has 174 valence electrons. The summed E-state index contributed by atoms with van der Waals surface area (Å²) >= 11 is 1.26. The minimum absolute atomic E-state index is 0.124. The second kappa shape index (κ2) is 10.2. The highest BCUT2D eigenvalue weighted by molar-refractivity contribution is 7.99. The number of carbonyl (C=O) groups excluding carboxylic acids is 1. The monoisotopic (exact) mass is 470 g/mol. The average molecular weight is 471 g/mol. The first kappa shape index (κ1) is 23.1. The number of halogens is 1. The summed E-state index contributed by atoms with van der Waals surface area (Å²) in [6, 6.07) is 12.1. The van der Waals surface area contributed by atoms with Crippen LogP contribution in [0.3, 0.4) is 0 Å². The lowest BCUT2D eigenvalue weighted by atomic mass is 9.95. The largest absolute Gasteiger partial charge is 0.490 e. The fraction of sp³-hybridized carbons (Fsp3) is 0.375. The van der Waals surface area contributed by atoms with Gasteiger partial charge in [0.15, 0.2) is 22.5 Å². The lowest BCUT2D eigenvalue weighted by molar-refractivity contribution is -0.119. The number of thioether (sulfide) groups is 1. The van der Waals surface area contributed by atoms with Gasteiger partial charge in [0.2, 0.25) is 5.91 Å². The molecule has 7 nitrogen and oxygen atoms in total. The highest BCUT2D eigenvalue weighted by atomic mass is 32.2. The Bertz CT molecular complexity index is 1130. The summed E-state index contributed by atoms with van der Waals surface area (Å²) in [5, 5.41) is 11.9. The van der Waals surface area contributed by atoms with Crippen LogP contribution in [0, 0.1) is 11.7 Å². The maximum Gasteiger partial charge on any atom is 0.230 e. The van der Waals surface area contributed by atoms with E-state index in [0.29, 0.717) is 35.5 Å². The van der Waals surface area contributed by atoms with Crippen LogP contribution >= 0.6 is 11.8 Å². The topological polar surface area (TPSA) is 78.3 Å². The van der Waals surface area contributed by atoms with Gasteiger partial charge in [-0.25, -0.2) is 4.39 Å². The van der Waals surface area contributed by atoms with Crippen molar-refractivity contribution in [1.29, 1.82) is 0 Å². The summed E-state index contributed by atoms with van der Waals surface area (Å²) in [6.45, 7) is 5.36.